The third kappa shape index (κ3) is 3.52. The van der Waals surface area contributed by atoms with Gasteiger partial charge in [0.1, 0.15) is 0 Å². The first-order chi connectivity index (χ1) is 9.70. The van der Waals surface area contributed by atoms with Gasteiger partial charge in [0.15, 0.2) is 5.75 Å². The van der Waals surface area contributed by atoms with Crippen molar-refractivity contribution in [2.45, 2.75) is 13.0 Å². The Hall–Kier alpha value is -2.47. The number of nitro benzene ring substituents is 1. The number of nitrogens with zero attached hydrogens (tertiary/aromatic N) is 2. The molecule has 6 nitrogen and oxygen atoms in total. The van der Waals surface area contributed by atoms with Crippen molar-refractivity contribution >= 4 is 5.69 Å². The van der Waals surface area contributed by atoms with E-state index in [-0.39, 0.29) is 18.0 Å². The molecule has 0 aliphatic carbocycles. The van der Waals surface area contributed by atoms with Crippen LogP contribution in [0.4, 0.5) is 5.69 Å². The minimum absolute atomic E-state index is 0.0611. The molecule has 104 valence electrons. The molecule has 0 spiro atoms. The lowest BCUT2D eigenvalue weighted by Gasteiger charge is -2.07. The molecule has 2 N–H and O–H groups in total. The summed E-state index contributed by atoms with van der Waals surface area (Å²) in [5.74, 6) is 0.253. The van der Waals surface area contributed by atoms with Crippen molar-refractivity contribution in [3.63, 3.8) is 0 Å². The van der Waals surface area contributed by atoms with Gasteiger partial charge >= 0.3 is 5.69 Å². The van der Waals surface area contributed by atoms with Crippen LogP contribution in [0.1, 0.15) is 11.3 Å². The molecule has 20 heavy (non-hydrogen) atoms. The molecule has 1 aromatic carbocycles. The minimum Gasteiger partial charge on any atom is -0.486 e. The Morgan fingerprint density at radius 2 is 2.15 bits per heavy atom. The normalized spacial score (nSPS) is 10.2. The number of rotatable bonds is 6. The lowest BCUT2D eigenvalue weighted by molar-refractivity contribution is -0.385. The van der Waals surface area contributed by atoms with Crippen LogP contribution in [0, 0.1) is 10.1 Å². The average Bonchev–Trinajstić information content (AvgIpc) is 2.48. The van der Waals surface area contributed by atoms with Crippen molar-refractivity contribution in [2.24, 2.45) is 5.73 Å². The van der Waals surface area contributed by atoms with Gasteiger partial charge in [-0.1, -0.05) is 12.1 Å². The molecule has 0 atom stereocenters. The van der Waals surface area contributed by atoms with Crippen LogP contribution in [0.15, 0.2) is 42.6 Å². The molecular weight excluding hydrogens is 258 g/mol. The number of ether oxygens (including phenoxy) is 1. The van der Waals surface area contributed by atoms with Crippen LogP contribution in [-0.4, -0.2) is 16.5 Å². The van der Waals surface area contributed by atoms with Gasteiger partial charge in [0, 0.05) is 30.9 Å². The molecule has 0 amide bonds. The number of hydrogen-bond donors (Lipinski definition) is 1. The van der Waals surface area contributed by atoms with E-state index >= 15 is 0 Å². The molecule has 0 saturated heterocycles. The summed E-state index contributed by atoms with van der Waals surface area (Å²) in [7, 11) is 0. The Bertz CT molecular complexity index is 587. The zero-order valence-electron chi connectivity index (χ0n) is 10.9. The van der Waals surface area contributed by atoms with Gasteiger partial charge in [0.2, 0.25) is 0 Å². The highest BCUT2D eigenvalue weighted by atomic mass is 16.6. The largest absolute Gasteiger partial charge is 0.486 e. The Balaban J connectivity index is 2.04. The maximum Gasteiger partial charge on any atom is 0.311 e. The summed E-state index contributed by atoms with van der Waals surface area (Å²) < 4.78 is 5.48. The van der Waals surface area contributed by atoms with Crippen LogP contribution in [0.3, 0.4) is 0 Å². The Morgan fingerprint density at radius 3 is 2.80 bits per heavy atom. The number of aromatic nitrogens is 1. The van der Waals surface area contributed by atoms with Crippen LogP contribution in [0.2, 0.25) is 0 Å². The van der Waals surface area contributed by atoms with Crippen molar-refractivity contribution < 1.29 is 9.66 Å². The zero-order valence-corrected chi connectivity index (χ0v) is 10.9. The van der Waals surface area contributed by atoms with Crippen molar-refractivity contribution in [1.29, 1.82) is 0 Å². The molecule has 0 aliphatic rings. The lowest BCUT2D eigenvalue weighted by Crippen LogP contribution is -2.05. The molecule has 0 bridgehead atoms. The summed E-state index contributed by atoms with van der Waals surface area (Å²) in [5.41, 5.74) is 7.00. The second-order valence-electron chi connectivity index (χ2n) is 4.18. The topological polar surface area (TPSA) is 91.3 Å². The quantitative estimate of drug-likeness (QED) is 0.642. The summed E-state index contributed by atoms with van der Waals surface area (Å²) in [5, 5.41) is 11.0. The molecule has 0 unspecified atom stereocenters. The molecule has 0 aliphatic heterocycles. The predicted octanol–water partition coefficient (Wildman–Crippen LogP) is 2.07. The fourth-order valence-electron chi connectivity index (χ4n) is 1.77. The Labute approximate surface area is 116 Å². The number of benzene rings is 1. The van der Waals surface area contributed by atoms with Gasteiger partial charge in [-0.05, 0) is 23.8 Å². The maximum atomic E-state index is 11.0. The summed E-state index contributed by atoms with van der Waals surface area (Å²) in [6, 6.07) is 10.4. The first-order valence-electron chi connectivity index (χ1n) is 6.21. The predicted molar refractivity (Wildman–Crippen MR) is 74.4 cm³/mol. The maximum absolute atomic E-state index is 11.0. The zero-order chi connectivity index (χ0) is 14.4. The highest BCUT2D eigenvalue weighted by Gasteiger charge is 2.15. The van der Waals surface area contributed by atoms with E-state index in [9.17, 15) is 10.1 Å². The number of nitrogens with two attached hydrogens (primary N) is 1. The smallest absolute Gasteiger partial charge is 0.311 e. The molecule has 6 heteroatoms. The second-order valence-corrected chi connectivity index (χ2v) is 4.18. The summed E-state index contributed by atoms with van der Waals surface area (Å²) >= 11 is 0. The van der Waals surface area contributed by atoms with Gasteiger partial charge in [0.25, 0.3) is 0 Å². The number of pyridine rings is 1. The molecule has 1 heterocycles. The fraction of sp³-hybridized carbons (Fsp3) is 0.214. The first kappa shape index (κ1) is 14.0. The van der Waals surface area contributed by atoms with E-state index in [2.05, 4.69) is 4.98 Å². The molecule has 0 radical (unpaired) electrons. The van der Waals surface area contributed by atoms with Crippen molar-refractivity contribution in [3.05, 3.63) is 64.0 Å². The van der Waals surface area contributed by atoms with E-state index in [4.69, 9.17) is 10.5 Å². The summed E-state index contributed by atoms with van der Waals surface area (Å²) in [4.78, 5) is 14.7. The Morgan fingerprint density at radius 1 is 1.30 bits per heavy atom. The van der Waals surface area contributed by atoms with Crippen LogP contribution in [0.25, 0.3) is 0 Å². The highest BCUT2D eigenvalue weighted by molar-refractivity contribution is 5.48. The molecular formula is C14H15N3O3. The van der Waals surface area contributed by atoms with Gasteiger partial charge in [-0.2, -0.15) is 0 Å². The van der Waals surface area contributed by atoms with E-state index in [1.165, 1.54) is 6.07 Å². The second kappa shape index (κ2) is 6.63. The molecule has 2 aromatic rings. The highest BCUT2D eigenvalue weighted by Crippen LogP contribution is 2.27. The van der Waals surface area contributed by atoms with Crippen LogP contribution in [0.5, 0.6) is 5.75 Å². The molecule has 2 rings (SSSR count). The summed E-state index contributed by atoms with van der Waals surface area (Å²) in [6.45, 7) is 0.592. The van der Waals surface area contributed by atoms with Gasteiger partial charge < -0.3 is 10.5 Å². The SMILES string of the molecule is NCc1ccc(OCCc2ccccn2)c([N+](=O)[O-])c1. The lowest BCUT2D eigenvalue weighted by atomic mass is 10.2. The van der Waals surface area contributed by atoms with Gasteiger partial charge in [-0.3, -0.25) is 15.1 Å². The monoisotopic (exact) mass is 273 g/mol. The third-order valence-electron chi connectivity index (χ3n) is 2.80. The van der Waals surface area contributed by atoms with Crippen molar-refractivity contribution in [1.82, 2.24) is 4.98 Å². The standard InChI is InChI=1S/C14H15N3O3/c15-10-11-4-5-14(13(9-11)17(18)19)20-8-6-12-3-1-2-7-16-12/h1-5,7,9H,6,8,10,15H2. The van der Waals surface area contributed by atoms with Gasteiger partial charge in [-0.25, -0.2) is 0 Å². The fourth-order valence-corrected chi connectivity index (χ4v) is 1.77. The van der Waals surface area contributed by atoms with E-state index < -0.39 is 4.92 Å². The van der Waals surface area contributed by atoms with E-state index in [0.717, 1.165) is 5.69 Å². The van der Waals surface area contributed by atoms with Crippen LogP contribution >= 0.6 is 0 Å². The van der Waals surface area contributed by atoms with E-state index in [1.807, 2.05) is 18.2 Å². The molecule has 0 saturated carbocycles. The Kier molecular flexibility index (Phi) is 4.62. The van der Waals surface area contributed by atoms with Crippen molar-refractivity contribution in [3.8, 4) is 5.75 Å². The molecule has 1 aromatic heterocycles. The van der Waals surface area contributed by atoms with Gasteiger partial charge in [-0.15, -0.1) is 0 Å². The van der Waals surface area contributed by atoms with Crippen molar-refractivity contribution in [2.75, 3.05) is 6.61 Å². The minimum atomic E-state index is -0.463. The summed E-state index contributed by atoms with van der Waals surface area (Å²) in [6.07, 6.45) is 2.30. The average molecular weight is 273 g/mol. The van der Waals surface area contributed by atoms with E-state index in [0.29, 0.717) is 18.6 Å². The third-order valence-corrected chi connectivity index (χ3v) is 2.80. The molecule has 0 fully saturated rings. The van der Waals surface area contributed by atoms with Crippen LogP contribution < -0.4 is 10.5 Å². The first-order valence-corrected chi connectivity index (χ1v) is 6.21. The number of nitro groups is 1. The number of hydrogen-bond acceptors (Lipinski definition) is 5. The van der Waals surface area contributed by atoms with E-state index in [1.54, 1.807) is 18.3 Å². The van der Waals surface area contributed by atoms with Gasteiger partial charge in [0.05, 0.1) is 11.5 Å². The van der Waals surface area contributed by atoms with Crippen LogP contribution in [-0.2, 0) is 13.0 Å².